The van der Waals surface area contributed by atoms with E-state index in [-0.39, 0.29) is 10.0 Å². The number of anilines is 1. The number of benzene rings is 2. The van der Waals surface area contributed by atoms with Crippen LogP contribution in [-0.4, -0.2) is 5.91 Å². The molecular weight excluding hydrogens is 466 g/mol. The van der Waals surface area contributed by atoms with E-state index in [2.05, 4.69) is 21.2 Å². The quantitative estimate of drug-likeness (QED) is 0.596. The predicted molar refractivity (Wildman–Crippen MR) is 86.2 cm³/mol. The molecule has 0 aromatic heterocycles. The van der Waals surface area contributed by atoms with Gasteiger partial charge < -0.3 is 5.32 Å². The molecule has 0 spiro atoms. The molecule has 0 bridgehead atoms. The van der Waals surface area contributed by atoms with Gasteiger partial charge in [-0.2, -0.15) is 0 Å². The Bertz CT molecular complexity index is 673. The molecule has 7 heteroatoms. The molecule has 2 rings (SSSR count). The summed E-state index contributed by atoms with van der Waals surface area (Å²) in [5, 5.41) is 2.58. The van der Waals surface area contributed by atoms with Crippen LogP contribution < -0.4 is 5.32 Å². The van der Waals surface area contributed by atoms with Crippen LogP contribution in [0.25, 0.3) is 0 Å². The molecule has 20 heavy (non-hydrogen) atoms. The van der Waals surface area contributed by atoms with E-state index in [0.29, 0.717) is 8.59 Å². The Balaban J connectivity index is 2.35. The molecule has 0 aliphatic carbocycles. The number of carbonyl (C=O) groups excluding carboxylic acids is 1. The van der Waals surface area contributed by atoms with Crippen LogP contribution in [0.1, 0.15) is 10.4 Å². The monoisotopic (exact) mass is 471 g/mol. The van der Waals surface area contributed by atoms with Gasteiger partial charge in [-0.25, -0.2) is 8.78 Å². The van der Waals surface area contributed by atoms with Crippen molar-refractivity contribution in [2.45, 2.75) is 0 Å². The number of rotatable bonds is 2. The standard InChI is InChI=1S/C13H6BrClF2INO/c14-6-3-9(16)12(10(17)4-6)19-13(20)8-5-7(15)1-2-11(8)18/h1-5H,(H,19,20). The van der Waals surface area contributed by atoms with E-state index in [1.54, 1.807) is 12.1 Å². The van der Waals surface area contributed by atoms with Crippen LogP contribution in [0.5, 0.6) is 0 Å². The summed E-state index contributed by atoms with van der Waals surface area (Å²) < 4.78 is 28.2. The normalized spacial score (nSPS) is 10.4. The Morgan fingerprint density at radius 2 is 1.80 bits per heavy atom. The minimum atomic E-state index is -0.859. The molecule has 0 heterocycles. The van der Waals surface area contributed by atoms with Crippen molar-refractivity contribution in [3.63, 3.8) is 0 Å². The topological polar surface area (TPSA) is 29.1 Å². The van der Waals surface area contributed by atoms with Crippen molar-refractivity contribution in [1.29, 1.82) is 0 Å². The van der Waals surface area contributed by atoms with Gasteiger partial charge >= 0.3 is 0 Å². The molecule has 0 unspecified atom stereocenters. The lowest BCUT2D eigenvalue weighted by Crippen LogP contribution is -2.15. The van der Waals surface area contributed by atoms with E-state index in [4.69, 9.17) is 11.6 Å². The van der Waals surface area contributed by atoms with Gasteiger partial charge in [0.1, 0.15) is 5.69 Å². The van der Waals surface area contributed by atoms with Gasteiger partial charge in [-0.1, -0.05) is 27.5 Å². The van der Waals surface area contributed by atoms with E-state index < -0.39 is 23.2 Å². The zero-order valence-electron chi connectivity index (χ0n) is 9.68. The number of carbonyl (C=O) groups is 1. The number of hydrogen-bond acceptors (Lipinski definition) is 1. The molecule has 0 saturated carbocycles. The van der Waals surface area contributed by atoms with E-state index >= 15 is 0 Å². The molecule has 0 aliphatic heterocycles. The van der Waals surface area contributed by atoms with Crippen molar-refractivity contribution in [3.8, 4) is 0 Å². The molecule has 2 aromatic rings. The second-order valence-electron chi connectivity index (χ2n) is 3.82. The zero-order chi connectivity index (χ0) is 14.9. The number of nitrogens with one attached hydrogen (secondary N) is 1. The van der Waals surface area contributed by atoms with Crippen molar-refractivity contribution < 1.29 is 13.6 Å². The maximum atomic E-state index is 13.7. The third kappa shape index (κ3) is 3.48. The van der Waals surface area contributed by atoms with Crippen molar-refractivity contribution in [3.05, 3.63) is 60.6 Å². The molecule has 0 atom stereocenters. The summed E-state index contributed by atoms with van der Waals surface area (Å²) in [5.74, 6) is -2.35. The fourth-order valence-corrected chi connectivity index (χ4v) is 2.67. The zero-order valence-corrected chi connectivity index (χ0v) is 14.2. The molecular formula is C13H6BrClF2INO. The van der Waals surface area contributed by atoms with Crippen molar-refractivity contribution in [2.24, 2.45) is 0 Å². The van der Waals surface area contributed by atoms with Gasteiger partial charge in [0.2, 0.25) is 0 Å². The highest BCUT2D eigenvalue weighted by Crippen LogP contribution is 2.25. The number of hydrogen-bond donors (Lipinski definition) is 1. The number of amides is 1. The summed E-state index contributed by atoms with van der Waals surface area (Å²) >= 11 is 10.7. The van der Waals surface area contributed by atoms with Crippen LogP contribution in [0.15, 0.2) is 34.8 Å². The third-order valence-corrected chi connectivity index (χ3v) is 4.05. The number of halogens is 5. The van der Waals surface area contributed by atoms with Gasteiger partial charge in [-0.05, 0) is 52.9 Å². The molecule has 0 fully saturated rings. The summed E-state index contributed by atoms with van der Waals surface area (Å²) in [6.07, 6.45) is 0. The molecule has 104 valence electrons. The first-order valence-corrected chi connectivity index (χ1v) is 7.54. The maximum absolute atomic E-state index is 13.7. The van der Waals surface area contributed by atoms with Crippen LogP contribution in [0, 0.1) is 15.2 Å². The minimum absolute atomic E-state index is 0.250. The summed E-state index contributed by atoms with van der Waals surface area (Å²) in [4.78, 5) is 12.1. The van der Waals surface area contributed by atoms with Crippen LogP contribution in [0.3, 0.4) is 0 Å². The van der Waals surface area contributed by atoms with Crippen LogP contribution in [0.4, 0.5) is 14.5 Å². The van der Waals surface area contributed by atoms with E-state index in [1.807, 2.05) is 22.6 Å². The smallest absolute Gasteiger partial charge is 0.256 e. The SMILES string of the molecule is O=C(Nc1c(F)cc(Br)cc1F)c1cc(Cl)ccc1I. The minimum Gasteiger partial charge on any atom is -0.317 e. The van der Waals surface area contributed by atoms with E-state index in [0.717, 1.165) is 12.1 Å². The van der Waals surface area contributed by atoms with Crippen LogP contribution in [0.2, 0.25) is 5.02 Å². The highest BCUT2D eigenvalue weighted by molar-refractivity contribution is 14.1. The average Bonchev–Trinajstić information content (AvgIpc) is 2.36. The Labute approximate surface area is 140 Å². The molecule has 0 saturated heterocycles. The lowest BCUT2D eigenvalue weighted by atomic mass is 10.2. The van der Waals surface area contributed by atoms with Gasteiger partial charge in [0.05, 0.1) is 5.56 Å². The molecule has 0 radical (unpaired) electrons. The fourth-order valence-electron chi connectivity index (χ4n) is 1.51. The van der Waals surface area contributed by atoms with Gasteiger partial charge in [0.25, 0.3) is 5.91 Å². The van der Waals surface area contributed by atoms with Gasteiger partial charge in [-0.3, -0.25) is 4.79 Å². The molecule has 1 amide bonds. The van der Waals surface area contributed by atoms with Gasteiger partial charge in [-0.15, -0.1) is 0 Å². The van der Waals surface area contributed by atoms with E-state index in [1.165, 1.54) is 6.07 Å². The maximum Gasteiger partial charge on any atom is 0.256 e. The van der Waals surface area contributed by atoms with Crippen molar-refractivity contribution in [2.75, 3.05) is 5.32 Å². The molecule has 1 N–H and O–H groups in total. The first kappa shape index (κ1) is 15.7. The van der Waals surface area contributed by atoms with Crippen molar-refractivity contribution >= 4 is 61.7 Å². The van der Waals surface area contributed by atoms with Gasteiger partial charge in [0.15, 0.2) is 11.6 Å². The average molecular weight is 472 g/mol. The Hall–Kier alpha value is -0.730. The van der Waals surface area contributed by atoms with Gasteiger partial charge in [0, 0.05) is 13.1 Å². The summed E-state index contributed by atoms with van der Waals surface area (Å²) in [6, 6.07) is 6.85. The molecule has 2 nitrogen and oxygen atoms in total. The predicted octanol–water partition coefficient (Wildman–Crippen LogP) is 5.24. The highest BCUT2D eigenvalue weighted by atomic mass is 127. The second kappa shape index (κ2) is 6.36. The van der Waals surface area contributed by atoms with Crippen LogP contribution >= 0.6 is 50.1 Å². The largest absolute Gasteiger partial charge is 0.317 e. The lowest BCUT2D eigenvalue weighted by Gasteiger charge is -2.09. The molecule has 0 aliphatic rings. The first-order valence-electron chi connectivity index (χ1n) is 5.29. The fraction of sp³-hybridized carbons (Fsp3) is 0. The lowest BCUT2D eigenvalue weighted by molar-refractivity contribution is 0.102. The third-order valence-electron chi connectivity index (χ3n) is 2.42. The Morgan fingerprint density at radius 1 is 1.20 bits per heavy atom. The summed E-state index contributed by atoms with van der Waals surface area (Å²) in [6.45, 7) is 0. The van der Waals surface area contributed by atoms with Crippen LogP contribution in [-0.2, 0) is 0 Å². The first-order chi connectivity index (χ1) is 9.38. The Kier molecular flexibility index (Phi) is 4.98. The second-order valence-corrected chi connectivity index (χ2v) is 6.34. The summed E-state index contributed by atoms with van der Waals surface area (Å²) in [7, 11) is 0. The summed E-state index contributed by atoms with van der Waals surface area (Å²) in [5.41, 5.74) is -0.242. The Morgan fingerprint density at radius 3 is 2.40 bits per heavy atom. The van der Waals surface area contributed by atoms with E-state index in [9.17, 15) is 13.6 Å². The molecule has 2 aromatic carbocycles. The van der Waals surface area contributed by atoms with Crippen molar-refractivity contribution in [1.82, 2.24) is 0 Å². The highest BCUT2D eigenvalue weighted by Gasteiger charge is 2.16.